The molecule has 226 valence electrons. The van der Waals surface area contributed by atoms with Crippen molar-refractivity contribution in [3.63, 3.8) is 0 Å². The first-order valence-corrected chi connectivity index (χ1v) is 17.1. The zero-order chi connectivity index (χ0) is 30.6. The highest BCUT2D eigenvalue weighted by molar-refractivity contribution is 7.90. The van der Waals surface area contributed by atoms with E-state index in [-0.39, 0.29) is 5.92 Å². The third kappa shape index (κ3) is 6.35. The number of hydrogen-bond acceptors (Lipinski definition) is 5. The number of unbranched alkanes of at least 4 members (excludes halogenated alkanes) is 1. The Bertz CT molecular complexity index is 1680. The maximum atomic E-state index is 12.0. The number of hydrogen-bond donors (Lipinski definition) is 1. The summed E-state index contributed by atoms with van der Waals surface area (Å²) in [6.45, 7) is 8.63. The second kappa shape index (κ2) is 12.9. The summed E-state index contributed by atoms with van der Waals surface area (Å²) in [7, 11) is -1.52. The SMILES string of the molecule is CCCCc1ccc2c(c1)C(c1ccccc1COC)c1ccc([N+](CC)(CC)Nc3ccc(S(C)(=O)=O)cc3)cc1O2. The van der Waals surface area contributed by atoms with Crippen molar-refractivity contribution in [3.05, 3.63) is 113 Å². The van der Waals surface area contributed by atoms with Crippen molar-refractivity contribution >= 4 is 21.2 Å². The first-order chi connectivity index (χ1) is 20.7. The van der Waals surface area contributed by atoms with Crippen molar-refractivity contribution in [2.45, 2.75) is 57.5 Å². The van der Waals surface area contributed by atoms with Gasteiger partial charge in [-0.2, -0.15) is 4.59 Å². The molecule has 0 fully saturated rings. The topological polar surface area (TPSA) is 64.6 Å². The zero-order valence-electron chi connectivity index (χ0n) is 25.9. The van der Waals surface area contributed by atoms with Gasteiger partial charge in [-0.05, 0) is 79.8 Å². The fourth-order valence-electron chi connectivity index (χ4n) is 6.13. The number of sulfone groups is 1. The number of quaternary nitrogens is 1. The number of nitrogens with one attached hydrogen (secondary N) is 1. The van der Waals surface area contributed by atoms with E-state index in [1.54, 1.807) is 19.2 Å². The first kappa shape index (κ1) is 30.8. The third-order valence-electron chi connectivity index (χ3n) is 8.60. The fourth-order valence-corrected chi connectivity index (χ4v) is 6.76. The van der Waals surface area contributed by atoms with Gasteiger partial charge in [0.2, 0.25) is 0 Å². The van der Waals surface area contributed by atoms with Gasteiger partial charge in [-0.1, -0.05) is 49.7 Å². The molecule has 7 heteroatoms. The van der Waals surface area contributed by atoms with Gasteiger partial charge in [0.05, 0.1) is 17.2 Å². The van der Waals surface area contributed by atoms with E-state index in [4.69, 9.17) is 9.47 Å². The van der Waals surface area contributed by atoms with Gasteiger partial charge in [0.25, 0.3) is 0 Å². The zero-order valence-corrected chi connectivity index (χ0v) is 26.7. The molecule has 0 radical (unpaired) electrons. The summed E-state index contributed by atoms with van der Waals surface area (Å²) in [5.41, 5.74) is 11.7. The number of anilines is 1. The summed E-state index contributed by atoms with van der Waals surface area (Å²) in [6, 6.07) is 28.8. The lowest BCUT2D eigenvalue weighted by atomic mass is 9.80. The number of methoxy groups -OCH3 is 1. The van der Waals surface area contributed by atoms with Gasteiger partial charge in [0.1, 0.15) is 24.6 Å². The molecule has 1 aliphatic rings. The quantitative estimate of drug-likeness (QED) is 0.116. The van der Waals surface area contributed by atoms with Crippen LogP contribution in [0.2, 0.25) is 0 Å². The predicted octanol–water partition coefficient (Wildman–Crippen LogP) is 8.24. The van der Waals surface area contributed by atoms with Crippen LogP contribution in [-0.4, -0.2) is 34.9 Å². The van der Waals surface area contributed by atoms with Gasteiger partial charge in [0.15, 0.2) is 15.5 Å². The lowest BCUT2D eigenvalue weighted by molar-refractivity contribution is 0.184. The molecule has 6 nitrogen and oxygen atoms in total. The van der Waals surface area contributed by atoms with E-state index in [1.165, 1.54) is 28.5 Å². The van der Waals surface area contributed by atoms with Crippen LogP contribution in [0, 0.1) is 0 Å². The number of nitrogens with zero attached hydrogens (tertiary/aromatic N) is 1. The number of aryl methyl sites for hydroxylation is 1. The summed E-state index contributed by atoms with van der Waals surface area (Å²) in [6.07, 6.45) is 4.59. The monoisotopic (exact) mass is 599 g/mol. The van der Waals surface area contributed by atoms with Crippen LogP contribution in [0.3, 0.4) is 0 Å². The minimum Gasteiger partial charge on any atom is -0.456 e. The Balaban J connectivity index is 1.59. The number of fused-ring (bicyclic) bond motifs is 2. The Kier molecular flexibility index (Phi) is 9.25. The Morgan fingerprint density at radius 2 is 1.58 bits per heavy atom. The fraction of sp³-hybridized carbons (Fsp3) is 0.333. The van der Waals surface area contributed by atoms with Crippen LogP contribution < -0.4 is 14.8 Å². The Morgan fingerprint density at radius 1 is 0.837 bits per heavy atom. The molecule has 4 aromatic carbocycles. The molecule has 5 rings (SSSR count). The minimum absolute atomic E-state index is 0.0161. The van der Waals surface area contributed by atoms with Crippen molar-refractivity contribution in [2.75, 3.05) is 31.9 Å². The van der Waals surface area contributed by atoms with Crippen LogP contribution in [0.1, 0.15) is 67.3 Å². The summed E-state index contributed by atoms with van der Waals surface area (Å²) >= 11 is 0. The van der Waals surface area contributed by atoms with Crippen LogP contribution in [0.15, 0.2) is 89.8 Å². The molecule has 1 aliphatic heterocycles. The molecule has 0 aliphatic carbocycles. The van der Waals surface area contributed by atoms with E-state index in [9.17, 15) is 8.42 Å². The van der Waals surface area contributed by atoms with E-state index < -0.39 is 9.84 Å². The van der Waals surface area contributed by atoms with Crippen LogP contribution in [0.25, 0.3) is 0 Å². The van der Waals surface area contributed by atoms with E-state index in [0.29, 0.717) is 16.1 Å². The second-order valence-corrected chi connectivity index (χ2v) is 13.4. The van der Waals surface area contributed by atoms with Crippen LogP contribution in [0.5, 0.6) is 11.5 Å². The molecule has 1 heterocycles. The maximum Gasteiger partial charge on any atom is 0.175 e. The average molecular weight is 600 g/mol. The molecule has 0 spiro atoms. The van der Waals surface area contributed by atoms with Crippen molar-refractivity contribution in [2.24, 2.45) is 0 Å². The molecule has 0 bridgehead atoms. The molecule has 1 N–H and O–H groups in total. The van der Waals surface area contributed by atoms with Gasteiger partial charge in [-0.25, -0.2) is 13.8 Å². The number of benzene rings is 4. The number of rotatable bonds is 12. The molecule has 0 amide bonds. The normalized spacial score (nSPS) is 14.5. The molecule has 43 heavy (non-hydrogen) atoms. The summed E-state index contributed by atoms with van der Waals surface area (Å²) in [4.78, 5) is 0.308. The Hall–Kier alpha value is -3.65. The standard InChI is InChI=1S/C36H43N2O4S/c1-6-9-12-26-15-22-34-33(23-26)36(31-14-11-10-13-27(31)25-41-4)32-21-18-29(24-35(32)42-34)38(7-2,8-3)37-28-16-19-30(20-17-28)43(5,39)40/h10-11,13-24,36-37H,6-9,12,25H2,1-5H3/q+1. The summed E-state index contributed by atoms with van der Waals surface area (Å²) in [5, 5.41) is 0. The predicted molar refractivity (Wildman–Crippen MR) is 176 cm³/mol. The lowest BCUT2D eigenvalue weighted by Gasteiger charge is -2.37. The van der Waals surface area contributed by atoms with Crippen LogP contribution in [0.4, 0.5) is 11.4 Å². The Morgan fingerprint density at radius 3 is 2.26 bits per heavy atom. The van der Waals surface area contributed by atoms with Crippen molar-refractivity contribution in [1.29, 1.82) is 0 Å². The molecule has 1 atom stereocenters. The summed E-state index contributed by atoms with van der Waals surface area (Å²) in [5.74, 6) is 1.75. The van der Waals surface area contributed by atoms with Crippen molar-refractivity contribution in [1.82, 2.24) is 4.59 Å². The highest BCUT2D eigenvalue weighted by Crippen LogP contribution is 2.50. The van der Waals surface area contributed by atoms with Gasteiger partial charge in [0, 0.05) is 42.5 Å². The van der Waals surface area contributed by atoms with E-state index in [2.05, 4.69) is 86.9 Å². The lowest BCUT2D eigenvalue weighted by Crippen LogP contribution is -2.53. The smallest absolute Gasteiger partial charge is 0.175 e. The third-order valence-corrected chi connectivity index (χ3v) is 9.73. The first-order valence-electron chi connectivity index (χ1n) is 15.2. The van der Waals surface area contributed by atoms with Crippen LogP contribution in [-0.2, 0) is 27.6 Å². The average Bonchev–Trinajstić information content (AvgIpc) is 3.01. The molecule has 4 aromatic rings. The van der Waals surface area contributed by atoms with Gasteiger partial charge in [-0.15, -0.1) is 0 Å². The summed E-state index contributed by atoms with van der Waals surface area (Å²) < 4.78 is 36.8. The molecule has 0 saturated heterocycles. The van der Waals surface area contributed by atoms with E-state index in [0.717, 1.165) is 60.8 Å². The number of ether oxygens (including phenoxy) is 2. The largest absolute Gasteiger partial charge is 0.456 e. The molecule has 1 unspecified atom stereocenters. The second-order valence-electron chi connectivity index (χ2n) is 11.4. The highest BCUT2D eigenvalue weighted by atomic mass is 32.2. The van der Waals surface area contributed by atoms with E-state index in [1.807, 2.05) is 12.1 Å². The van der Waals surface area contributed by atoms with Gasteiger partial charge >= 0.3 is 0 Å². The van der Waals surface area contributed by atoms with Gasteiger partial charge < -0.3 is 9.47 Å². The van der Waals surface area contributed by atoms with Gasteiger partial charge in [-0.3, -0.25) is 0 Å². The molecular weight excluding hydrogens is 556 g/mol. The van der Waals surface area contributed by atoms with Crippen LogP contribution >= 0.6 is 0 Å². The minimum atomic E-state index is -3.26. The van der Waals surface area contributed by atoms with Crippen molar-refractivity contribution < 1.29 is 17.9 Å². The van der Waals surface area contributed by atoms with Crippen molar-refractivity contribution in [3.8, 4) is 11.5 Å². The highest BCUT2D eigenvalue weighted by Gasteiger charge is 2.34. The molecule has 0 aromatic heterocycles. The maximum absolute atomic E-state index is 12.0. The molecular formula is C36H43N2O4S+. The van der Waals surface area contributed by atoms with E-state index >= 15 is 0 Å². The molecule has 0 saturated carbocycles. The Labute approximate surface area is 256 Å².